The maximum absolute atomic E-state index is 10.2. The van der Waals surface area contributed by atoms with Crippen LogP contribution in [0.1, 0.15) is 6.42 Å². The van der Waals surface area contributed by atoms with Gasteiger partial charge in [0, 0.05) is 0 Å². The molecular formula is C5H13BaNO3S. The van der Waals surface area contributed by atoms with E-state index in [1.165, 1.54) is 0 Å². The van der Waals surface area contributed by atoms with E-state index in [2.05, 4.69) is 0 Å². The third-order valence-electron chi connectivity index (χ3n) is 1.06. The van der Waals surface area contributed by atoms with E-state index >= 15 is 0 Å². The van der Waals surface area contributed by atoms with Gasteiger partial charge in [0.25, 0.3) is 0 Å². The molecule has 0 aliphatic carbocycles. The molecule has 0 aliphatic rings. The molecule has 0 aromatic heterocycles. The van der Waals surface area contributed by atoms with Crippen LogP contribution >= 0.6 is 11.8 Å². The molecule has 0 aromatic carbocycles. The summed E-state index contributed by atoms with van der Waals surface area (Å²) in [6, 6.07) is -0.826. The van der Waals surface area contributed by atoms with E-state index in [9.17, 15) is 4.79 Å². The summed E-state index contributed by atoms with van der Waals surface area (Å²) in [5.74, 6) is -0.290. The SMILES string of the molecule is CSCCC(NO)C(=O)O.[BaH2]. The predicted octanol–water partition coefficient (Wildman–Crippen LogP) is -0.745. The molecule has 11 heavy (non-hydrogen) atoms. The van der Waals surface area contributed by atoms with Crippen LogP contribution < -0.4 is 5.48 Å². The molecule has 6 heteroatoms. The van der Waals surface area contributed by atoms with Crippen LogP contribution in [0, 0.1) is 0 Å². The van der Waals surface area contributed by atoms with E-state index in [4.69, 9.17) is 10.3 Å². The van der Waals surface area contributed by atoms with Gasteiger partial charge in [-0.15, -0.1) is 0 Å². The van der Waals surface area contributed by atoms with Crippen molar-refractivity contribution in [2.45, 2.75) is 12.5 Å². The van der Waals surface area contributed by atoms with Crippen molar-refractivity contribution in [2.75, 3.05) is 12.0 Å². The second-order valence-corrected chi connectivity index (χ2v) is 2.79. The number of hydroxylamine groups is 1. The molecule has 3 N–H and O–H groups in total. The number of carboxylic acid groups (broad SMARTS) is 1. The Labute approximate surface area is 110 Å². The van der Waals surface area contributed by atoms with E-state index in [0.717, 1.165) is 5.75 Å². The molecule has 0 radical (unpaired) electrons. The summed E-state index contributed by atoms with van der Waals surface area (Å²) in [7, 11) is 0. The number of nitrogens with one attached hydrogen (secondary N) is 1. The molecule has 64 valence electrons. The van der Waals surface area contributed by atoms with Gasteiger partial charge in [0.2, 0.25) is 0 Å². The average Bonchev–Trinajstić information content (AvgIpc) is 1.89. The van der Waals surface area contributed by atoms with Crippen LogP contribution in [0.5, 0.6) is 0 Å². The Hall–Kier alpha value is 1.31. The van der Waals surface area contributed by atoms with Crippen molar-refractivity contribution < 1.29 is 15.1 Å². The van der Waals surface area contributed by atoms with Gasteiger partial charge in [0.1, 0.15) is 6.04 Å². The third-order valence-corrected chi connectivity index (χ3v) is 1.71. The molecule has 1 unspecified atom stereocenters. The first-order valence-electron chi connectivity index (χ1n) is 2.83. The second-order valence-electron chi connectivity index (χ2n) is 1.80. The minimum absolute atomic E-state index is 0. The summed E-state index contributed by atoms with van der Waals surface area (Å²) >= 11 is 1.55. The van der Waals surface area contributed by atoms with Gasteiger partial charge in [0.15, 0.2) is 0 Å². The van der Waals surface area contributed by atoms with Crippen molar-refractivity contribution in [1.29, 1.82) is 0 Å². The van der Waals surface area contributed by atoms with Gasteiger partial charge >= 0.3 is 54.9 Å². The zero-order valence-corrected chi connectivity index (χ0v) is 6.52. The number of hydrogen-bond acceptors (Lipinski definition) is 4. The Morgan fingerprint density at radius 3 is 2.55 bits per heavy atom. The molecular weight excluding hydrogens is 291 g/mol. The van der Waals surface area contributed by atoms with Crippen molar-refractivity contribution in [2.24, 2.45) is 0 Å². The van der Waals surface area contributed by atoms with Gasteiger partial charge in [0.05, 0.1) is 0 Å². The fraction of sp³-hybridized carbons (Fsp3) is 0.800. The van der Waals surface area contributed by atoms with Crippen LogP contribution in [0.25, 0.3) is 0 Å². The van der Waals surface area contributed by atoms with Crippen molar-refractivity contribution in [3.63, 3.8) is 0 Å². The number of hydrogen-bond donors (Lipinski definition) is 3. The topological polar surface area (TPSA) is 69.6 Å². The summed E-state index contributed by atoms with van der Waals surface area (Å²) < 4.78 is 0. The summed E-state index contributed by atoms with van der Waals surface area (Å²) in [6.07, 6.45) is 2.32. The molecule has 0 heterocycles. The Bertz CT molecular complexity index is 114. The van der Waals surface area contributed by atoms with Crippen LogP contribution in [0.2, 0.25) is 0 Å². The fourth-order valence-corrected chi connectivity index (χ4v) is 0.950. The van der Waals surface area contributed by atoms with Gasteiger partial charge in [-0.3, -0.25) is 4.79 Å². The first kappa shape index (κ1) is 14.8. The van der Waals surface area contributed by atoms with Gasteiger partial charge in [-0.05, 0) is 18.4 Å². The number of carbonyl (C=O) groups is 1. The monoisotopic (exact) mass is 305 g/mol. The molecule has 0 saturated carbocycles. The molecule has 4 nitrogen and oxygen atoms in total. The number of carboxylic acids is 1. The first-order valence-corrected chi connectivity index (χ1v) is 4.23. The predicted molar refractivity (Wildman–Crippen MR) is 47.9 cm³/mol. The average molecular weight is 305 g/mol. The van der Waals surface area contributed by atoms with Crippen LogP contribution in [-0.2, 0) is 4.79 Å². The minimum atomic E-state index is -1.02. The fourth-order valence-electron chi connectivity index (χ4n) is 0.479. The maximum atomic E-state index is 10.2. The van der Waals surface area contributed by atoms with Crippen LogP contribution in [0.3, 0.4) is 0 Å². The molecule has 0 saturated heterocycles. The van der Waals surface area contributed by atoms with E-state index < -0.39 is 12.0 Å². The van der Waals surface area contributed by atoms with Crippen molar-refractivity contribution >= 4 is 66.6 Å². The zero-order valence-electron chi connectivity index (χ0n) is 5.70. The quantitative estimate of drug-likeness (QED) is 0.461. The molecule has 1 atom stereocenters. The van der Waals surface area contributed by atoms with E-state index in [0.29, 0.717) is 6.42 Å². The standard InChI is InChI=1S/C5H11NO3S.Ba.2H/c1-10-3-2-4(6-9)5(7)8;;;/h4,6,9H,2-3H2,1H3,(H,7,8);;;. The summed E-state index contributed by atoms with van der Waals surface area (Å²) in [4.78, 5) is 10.2. The zero-order chi connectivity index (χ0) is 7.98. The summed E-state index contributed by atoms with van der Waals surface area (Å²) in [5.41, 5.74) is 1.72. The molecule has 0 aliphatic heterocycles. The Kier molecular flexibility index (Phi) is 12.7. The van der Waals surface area contributed by atoms with Crippen molar-refractivity contribution in [3.05, 3.63) is 0 Å². The molecule has 0 aromatic rings. The van der Waals surface area contributed by atoms with E-state index in [1.54, 1.807) is 17.2 Å². The van der Waals surface area contributed by atoms with E-state index in [1.807, 2.05) is 6.26 Å². The summed E-state index contributed by atoms with van der Waals surface area (Å²) in [5, 5.41) is 16.7. The van der Waals surface area contributed by atoms with Gasteiger partial charge < -0.3 is 10.3 Å². The number of aliphatic carboxylic acids is 1. The third kappa shape index (κ3) is 7.67. The van der Waals surface area contributed by atoms with Crippen LogP contribution in [0.4, 0.5) is 0 Å². The first-order chi connectivity index (χ1) is 4.72. The Balaban J connectivity index is 0. The normalized spacial score (nSPS) is 11.8. The van der Waals surface area contributed by atoms with Crippen molar-refractivity contribution in [1.82, 2.24) is 5.48 Å². The Morgan fingerprint density at radius 2 is 2.27 bits per heavy atom. The van der Waals surface area contributed by atoms with Gasteiger partial charge in [-0.2, -0.15) is 17.2 Å². The van der Waals surface area contributed by atoms with Crippen molar-refractivity contribution in [3.8, 4) is 0 Å². The summed E-state index contributed by atoms with van der Waals surface area (Å²) in [6.45, 7) is 0. The molecule has 0 rings (SSSR count). The number of rotatable bonds is 5. The molecule has 0 spiro atoms. The number of thioether (sulfide) groups is 1. The molecule has 0 amide bonds. The second kappa shape index (κ2) is 9.40. The van der Waals surface area contributed by atoms with E-state index in [-0.39, 0.29) is 48.9 Å². The molecule has 0 fully saturated rings. The van der Waals surface area contributed by atoms with Gasteiger partial charge in [-0.1, -0.05) is 0 Å². The molecule has 0 bridgehead atoms. The Morgan fingerprint density at radius 1 is 1.73 bits per heavy atom. The van der Waals surface area contributed by atoms with Crippen LogP contribution in [0.15, 0.2) is 0 Å². The van der Waals surface area contributed by atoms with Gasteiger partial charge in [-0.25, -0.2) is 0 Å². The van der Waals surface area contributed by atoms with Crippen LogP contribution in [-0.4, -0.2) is 83.2 Å².